The van der Waals surface area contributed by atoms with E-state index in [2.05, 4.69) is 10.3 Å². The van der Waals surface area contributed by atoms with Crippen molar-refractivity contribution in [1.29, 1.82) is 0 Å². The van der Waals surface area contributed by atoms with Gasteiger partial charge in [-0.2, -0.15) is 0 Å². The summed E-state index contributed by atoms with van der Waals surface area (Å²) in [4.78, 5) is 42.3. The molecule has 2 aromatic carbocycles. The van der Waals surface area contributed by atoms with Gasteiger partial charge in [-0.25, -0.2) is 9.78 Å². The van der Waals surface area contributed by atoms with Crippen LogP contribution in [0.1, 0.15) is 39.4 Å². The molecule has 0 aliphatic carbocycles. The second-order valence-corrected chi connectivity index (χ2v) is 8.03. The topological polar surface area (TPSA) is 85.4 Å². The summed E-state index contributed by atoms with van der Waals surface area (Å²) < 4.78 is 5.46. The summed E-state index contributed by atoms with van der Waals surface area (Å²) in [6.07, 6.45) is 0.261. The smallest absolute Gasteiger partial charge is 0.339 e. The van der Waals surface area contributed by atoms with Gasteiger partial charge in [-0.15, -0.1) is 0 Å². The maximum atomic E-state index is 13.0. The normalized spacial score (nSPS) is 17.9. The van der Waals surface area contributed by atoms with Crippen molar-refractivity contribution in [3.63, 3.8) is 0 Å². The zero-order chi connectivity index (χ0) is 20.6. The van der Waals surface area contributed by atoms with Gasteiger partial charge in [0.25, 0.3) is 5.91 Å². The lowest BCUT2D eigenvalue weighted by Crippen LogP contribution is -2.48. The first kappa shape index (κ1) is 19.0. The molecule has 1 amide bonds. The number of amides is 1. The molecule has 1 unspecified atom stereocenters. The van der Waals surface area contributed by atoms with Crippen LogP contribution >= 0.6 is 11.3 Å². The van der Waals surface area contributed by atoms with Gasteiger partial charge in [0.15, 0.2) is 16.5 Å². The molecule has 146 valence electrons. The maximum absolute atomic E-state index is 13.0. The number of Topliss-reactive ketones (excluding diaryl/α,β-unsaturated/α-hetero) is 1. The molecule has 1 aromatic heterocycles. The number of hydrogen-bond donors (Lipinski definition) is 1. The maximum Gasteiger partial charge on any atom is 0.339 e. The highest BCUT2D eigenvalue weighted by molar-refractivity contribution is 7.18. The Labute approximate surface area is 171 Å². The number of nitrogens with one attached hydrogen (secondary N) is 1. The van der Waals surface area contributed by atoms with Gasteiger partial charge < -0.3 is 4.74 Å². The number of aromatic nitrogens is 1. The molecular weight excluding hydrogens is 388 g/mol. The van der Waals surface area contributed by atoms with Crippen LogP contribution in [0.2, 0.25) is 0 Å². The Kier molecular flexibility index (Phi) is 4.76. The van der Waals surface area contributed by atoms with Gasteiger partial charge in [-0.05, 0) is 18.6 Å². The summed E-state index contributed by atoms with van der Waals surface area (Å²) in [5, 5.41) is 3.02. The number of fused-ring (bicyclic) bond motifs is 1. The van der Waals surface area contributed by atoms with Crippen molar-refractivity contribution in [3.05, 3.63) is 70.6 Å². The van der Waals surface area contributed by atoms with E-state index in [0.717, 1.165) is 22.5 Å². The molecule has 1 aliphatic heterocycles. The van der Waals surface area contributed by atoms with Crippen molar-refractivity contribution in [2.75, 3.05) is 5.32 Å². The van der Waals surface area contributed by atoms with Gasteiger partial charge in [-0.3, -0.25) is 14.9 Å². The Hall–Kier alpha value is -3.32. The highest BCUT2D eigenvalue weighted by Crippen LogP contribution is 2.33. The number of carbonyl (C=O) groups excluding carboxylic acids is 3. The van der Waals surface area contributed by atoms with Crippen LogP contribution in [0.25, 0.3) is 11.3 Å². The van der Waals surface area contributed by atoms with Crippen LogP contribution in [0.15, 0.2) is 54.6 Å². The molecule has 0 saturated heterocycles. The van der Waals surface area contributed by atoms with Crippen LogP contribution < -0.4 is 5.32 Å². The summed E-state index contributed by atoms with van der Waals surface area (Å²) in [7, 11) is 0. The number of anilines is 1. The van der Waals surface area contributed by atoms with Crippen LogP contribution in [0.3, 0.4) is 0 Å². The summed E-state index contributed by atoms with van der Waals surface area (Å²) in [6, 6.07) is 16.4. The van der Waals surface area contributed by atoms with E-state index in [0.29, 0.717) is 16.1 Å². The predicted molar refractivity (Wildman–Crippen MR) is 110 cm³/mol. The van der Waals surface area contributed by atoms with E-state index >= 15 is 0 Å². The SMILES string of the molecule is CC(=O)c1sc(NC(=O)C2(C)Cc3ccccc3C(=O)O2)nc1-c1ccccc1. The lowest BCUT2D eigenvalue weighted by Gasteiger charge is -2.32. The van der Waals surface area contributed by atoms with E-state index in [1.54, 1.807) is 19.1 Å². The molecule has 4 rings (SSSR count). The minimum atomic E-state index is -1.36. The first-order chi connectivity index (χ1) is 13.9. The third-order valence-electron chi connectivity index (χ3n) is 4.78. The first-order valence-corrected chi connectivity index (χ1v) is 9.89. The lowest BCUT2D eigenvalue weighted by molar-refractivity contribution is -0.134. The highest BCUT2D eigenvalue weighted by atomic mass is 32.1. The van der Waals surface area contributed by atoms with Crippen molar-refractivity contribution in [2.45, 2.75) is 25.9 Å². The molecule has 2 heterocycles. The molecule has 0 fully saturated rings. The molecule has 0 radical (unpaired) electrons. The number of carbonyl (C=O) groups is 3. The van der Waals surface area contributed by atoms with E-state index < -0.39 is 17.5 Å². The minimum Gasteiger partial charge on any atom is -0.445 e. The fourth-order valence-electron chi connectivity index (χ4n) is 3.29. The fourth-order valence-corrected chi connectivity index (χ4v) is 4.17. The zero-order valence-corrected chi connectivity index (χ0v) is 16.7. The van der Waals surface area contributed by atoms with Crippen molar-refractivity contribution in [1.82, 2.24) is 4.98 Å². The van der Waals surface area contributed by atoms with Crippen LogP contribution in [-0.2, 0) is 16.0 Å². The minimum absolute atomic E-state index is 0.133. The number of benzene rings is 2. The van der Waals surface area contributed by atoms with Gasteiger partial charge in [0.05, 0.1) is 16.1 Å². The Bertz CT molecular complexity index is 1120. The summed E-state index contributed by atoms with van der Waals surface area (Å²) in [5.41, 5.74) is 1.18. The summed E-state index contributed by atoms with van der Waals surface area (Å²) >= 11 is 1.11. The Morgan fingerprint density at radius 3 is 2.52 bits per heavy atom. The molecule has 29 heavy (non-hydrogen) atoms. The molecule has 6 nitrogen and oxygen atoms in total. The molecule has 1 aliphatic rings. The fraction of sp³-hybridized carbons (Fsp3) is 0.182. The number of esters is 1. The van der Waals surface area contributed by atoms with Gasteiger partial charge in [0.1, 0.15) is 0 Å². The van der Waals surface area contributed by atoms with Crippen LogP contribution in [-0.4, -0.2) is 28.2 Å². The Morgan fingerprint density at radius 2 is 1.79 bits per heavy atom. The van der Waals surface area contributed by atoms with E-state index in [-0.39, 0.29) is 17.3 Å². The first-order valence-electron chi connectivity index (χ1n) is 9.07. The van der Waals surface area contributed by atoms with Crippen LogP contribution in [0, 0.1) is 0 Å². The quantitative estimate of drug-likeness (QED) is 0.520. The van der Waals surface area contributed by atoms with Gasteiger partial charge in [0.2, 0.25) is 0 Å². The molecule has 0 spiro atoms. The van der Waals surface area contributed by atoms with E-state index in [4.69, 9.17) is 4.74 Å². The monoisotopic (exact) mass is 406 g/mol. The van der Waals surface area contributed by atoms with Crippen LogP contribution in [0.5, 0.6) is 0 Å². The van der Waals surface area contributed by atoms with Crippen molar-refractivity contribution >= 4 is 34.1 Å². The number of thiazole rings is 1. The highest BCUT2D eigenvalue weighted by Gasteiger charge is 2.43. The molecule has 0 saturated carbocycles. The lowest BCUT2D eigenvalue weighted by atomic mass is 9.89. The van der Waals surface area contributed by atoms with Gasteiger partial charge in [0, 0.05) is 18.9 Å². The largest absolute Gasteiger partial charge is 0.445 e. The molecule has 0 bridgehead atoms. The number of ketones is 1. The van der Waals surface area contributed by atoms with Crippen molar-refractivity contribution in [2.24, 2.45) is 0 Å². The third kappa shape index (κ3) is 3.56. The van der Waals surface area contributed by atoms with Crippen molar-refractivity contribution in [3.8, 4) is 11.3 Å². The average Bonchev–Trinajstić information content (AvgIpc) is 3.13. The van der Waals surface area contributed by atoms with Gasteiger partial charge in [-0.1, -0.05) is 59.9 Å². The molecule has 1 atom stereocenters. The van der Waals surface area contributed by atoms with Crippen LogP contribution in [0.4, 0.5) is 5.13 Å². The standard InChI is InChI=1S/C22H18N2O4S/c1-13(25)18-17(14-8-4-3-5-9-14)23-21(29-18)24-20(27)22(2)12-15-10-6-7-11-16(15)19(26)28-22/h3-11H,12H2,1-2H3,(H,23,24,27). The number of cyclic esters (lactones) is 1. The molecular formula is C22H18N2O4S. The number of nitrogens with zero attached hydrogens (tertiary/aromatic N) is 1. The Morgan fingerprint density at radius 1 is 1.10 bits per heavy atom. The second-order valence-electron chi connectivity index (χ2n) is 7.03. The number of hydrogen-bond acceptors (Lipinski definition) is 6. The molecule has 3 aromatic rings. The van der Waals surface area contributed by atoms with E-state index in [1.165, 1.54) is 6.92 Å². The predicted octanol–water partition coefficient (Wildman–Crippen LogP) is 4.12. The molecule has 1 N–H and O–H groups in total. The second kappa shape index (κ2) is 7.25. The zero-order valence-electron chi connectivity index (χ0n) is 15.9. The van der Waals surface area contributed by atoms with E-state index in [9.17, 15) is 14.4 Å². The summed E-state index contributed by atoms with van der Waals surface area (Å²) in [5.74, 6) is -1.15. The number of ether oxygens (including phenoxy) is 1. The van der Waals surface area contributed by atoms with Crippen molar-refractivity contribution < 1.29 is 19.1 Å². The molecule has 7 heteroatoms. The Balaban J connectivity index is 1.62. The average molecular weight is 406 g/mol. The number of rotatable bonds is 4. The third-order valence-corrected chi connectivity index (χ3v) is 5.85. The van der Waals surface area contributed by atoms with E-state index in [1.807, 2.05) is 42.5 Å². The summed E-state index contributed by atoms with van der Waals surface area (Å²) in [6.45, 7) is 3.04. The van der Waals surface area contributed by atoms with Gasteiger partial charge >= 0.3 is 5.97 Å².